The Hall–Kier alpha value is -1.01. The predicted molar refractivity (Wildman–Crippen MR) is 50.1 cm³/mol. The first-order valence-electron chi connectivity index (χ1n) is 4.63. The Kier molecular flexibility index (Phi) is 4.34. The van der Waals surface area contributed by atoms with E-state index < -0.39 is 0 Å². The normalized spacial score (nSPS) is 21.9. The summed E-state index contributed by atoms with van der Waals surface area (Å²) in [5.41, 5.74) is 0. The van der Waals surface area contributed by atoms with Crippen LogP contribution < -0.4 is 5.32 Å². The zero-order chi connectivity index (χ0) is 9.52. The van der Waals surface area contributed by atoms with Crippen molar-refractivity contribution in [3.8, 4) is 12.3 Å². The number of ether oxygens (including phenoxy) is 1. The third-order valence-corrected chi connectivity index (χ3v) is 2.02. The molecule has 0 spiro atoms. The van der Waals surface area contributed by atoms with Crippen LogP contribution in [0.1, 0.15) is 25.7 Å². The lowest BCUT2D eigenvalue weighted by molar-refractivity contribution is -0.122. The molecular weight excluding hydrogens is 166 g/mol. The van der Waals surface area contributed by atoms with Gasteiger partial charge in [-0.3, -0.25) is 4.79 Å². The van der Waals surface area contributed by atoms with E-state index in [0.717, 1.165) is 19.4 Å². The van der Waals surface area contributed by atoms with E-state index in [-0.39, 0.29) is 11.9 Å². The van der Waals surface area contributed by atoms with E-state index in [9.17, 15) is 4.79 Å². The van der Waals surface area contributed by atoms with Crippen LogP contribution in [0, 0.1) is 12.3 Å². The van der Waals surface area contributed by atoms with Crippen molar-refractivity contribution < 1.29 is 9.53 Å². The SMILES string of the molecule is C#CCCC(=O)N[C@@H]1CCCOC1. The molecule has 0 aromatic heterocycles. The molecule has 1 amide bonds. The maximum absolute atomic E-state index is 11.2. The minimum absolute atomic E-state index is 0.0356. The molecule has 3 nitrogen and oxygen atoms in total. The second-order valence-corrected chi connectivity index (χ2v) is 3.19. The number of hydrogen-bond donors (Lipinski definition) is 1. The number of amides is 1. The molecule has 0 radical (unpaired) electrons. The number of carbonyl (C=O) groups excluding carboxylic acids is 1. The lowest BCUT2D eigenvalue weighted by atomic mass is 10.1. The van der Waals surface area contributed by atoms with Crippen molar-refractivity contribution in [1.29, 1.82) is 0 Å². The van der Waals surface area contributed by atoms with Gasteiger partial charge < -0.3 is 10.1 Å². The van der Waals surface area contributed by atoms with E-state index in [1.165, 1.54) is 0 Å². The second kappa shape index (κ2) is 5.60. The van der Waals surface area contributed by atoms with Crippen LogP contribution in [-0.4, -0.2) is 25.2 Å². The standard InChI is InChI=1S/C10H15NO2/c1-2-3-6-10(12)11-9-5-4-7-13-8-9/h1,9H,3-8H2,(H,11,12)/t9-/m1/s1. The lowest BCUT2D eigenvalue weighted by Gasteiger charge is -2.22. The summed E-state index contributed by atoms with van der Waals surface area (Å²) in [6, 6.07) is 0.194. The van der Waals surface area contributed by atoms with Crippen molar-refractivity contribution in [2.45, 2.75) is 31.7 Å². The van der Waals surface area contributed by atoms with Gasteiger partial charge in [0.25, 0.3) is 0 Å². The van der Waals surface area contributed by atoms with E-state index in [4.69, 9.17) is 11.2 Å². The summed E-state index contributed by atoms with van der Waals surface area (Å²) in [5, 5.41) is 2.89. The van der Waals surface area contributed by atoms with Gasteiger partial charge in [-0.1, -0.05) is 0 Å². The van der Waals surface area contributed by atoms with Crippen molar-refractivity contribution in [3.05, 3.63) is 0 Å². The monoisotopic (exact) mass is 181 g/mol. The van der Waals surface area contributed by atoms with Crippen LogP contribution >= 0.6 is 0 Å². The molecule has 1 aliphatic rings. The summed E-state index contributed by atoms with van der Waals surface area (Å²) in [6.45, 7) is 1.46. The Morgan fingerprint density at radius 2 is 2.54 bits per heavy atom. The fraction of sp³-hybridized carbons (Fsp3) is 0.700. The molecule has 0 aliphatic carbocycles. The number of terminal acetylenes is 1. The fourth-order valence-corrected chi connectivity index (χ4v) is 1.34. The molecule has 0 aromatic rings. The first-order valence-corrected chi connectivity index (χ1v) is 4.63. The van der Waals surface area contributed by atoms with E-state index in [1.54, 1.807) is 0 Å². The summed E-state index contributed by atoms with van der Waals surface area (Å²) >= 11 is 0. The molecule has 1 N–H and O–H groups in total. The summed E-state index contributed by atoms with van der Waals surface area (Å²) < 4.78 is 5.23. The minimum Gasteiger partial charge on any atom is -0.379 e. The number of rotatable bonds is 3. The highest BCUT2D eigenvalue weighted by Crippen LogP contribution is 2.05. The fourth-order valence-electron chi connectivity index (χ4n) is 1.34. The molecule has 3 heteroatoms. The van der Waals surface area contributed by atoms with Crippen LogP contribution in [0.3, 0.4) is 0 Å². The Balaban J connectivity index is 2.15. The Bertz CT molecular complexity index is 201. The molecule has 1 atom stereocenters. The average Bonchev–Trinajstić information content (AvgIpc) is 2.16. The highest BCUT2D eigenvalue weighted by molar-refractivity contribution is 5.76. The van der Waals surface area contributed by atoms with Crippen LogP contribution in [0.5, 0.6) is 0 Å². The minimum atomic E-state index is 0.0356. The third kappa shape index (κ3) is 3.95. The third-order valence-electron chi connectivity index (χ3n) is 2.02. The van der Waals surface area contributed by atoms with Crippen molar-refractivity contribution in [1.82, 2.24) is 5.32 Å². The quantitative estimate of drug-likeness (QED) is 0.651. The van der Waals surface area contributed by atoms with Crippen molar-refractivity contribution in [3.63, 3.8) is 0 Å². The molecule has 0 bridgehead atoms. The molecule has 1 rings (SSSR count). The second-order valence-electron chi connectivity index (χ2n) is 3.19. The molecule has 1 fully saturated rings. The van der Waals surface area contributed by atoms with Crippen LogP contribution in [0.2, 0.25) is 0 Å². The Labute approximate surface area is 78.8 Å². The molecule has 1 aliphatic heterocycles. The van der Waals surface area contributed by atoms with Gasteiger partial charge in [0.05, 0.1) is 12.6 Å². The van der Waals surface area contributed by atoms with Crippen LogP contribution in [0.15, 0.2) is 0 Å². The molecule has 1 heterocycles. The Morgan fingerprint density at radius 1 is 1.69 bits per heavy atom. The van der Waals surface area contributed by atoms with Gasteiger partial charge in [-0.2, -0.15) is 0 Å². The lowest BCUT2D eigenvalue weighted by Crippen LogP contribution is -2.40. The van der Waals surface area contributed by atoms with Crippen molar-refractivity contribution in [2.24, 2.45) is 0 Å². The molecule has 0 aromatic carbocycles. The molecule has 72 valence electrons. The van der Waals surface area contributed by atoms with Gasteiger partial charge in [-0.05, 0) is 12.8 Å². The summed E-state index contributed by atoms with van der Waals surface area (Å²) in [6.07, 6.45) is 8.04. The van der Waals surface area contributed by atoms with Crippen LogP contribution in [0.4, 0.5) is 0 Å². The molecular formula is C10H15NO2. The number of carbonyl (C=O) groups is 1. The number of hydrogen-bond acceptors (Lipinski definition) is 2. The van der Waals surface area contributed by atoms with Gasteiger partial charge in [0.2, 0.25) is 5.91 Å². The van der Waals surface area contributed by atoms with Gasteiger partial charge in [0, 0.05) is 19.4 Å². The largest absolute Gasteiger partial charge is 0.379 e. The number of nitrogens with one attached hydrogen (secondary N) is 1. The van der Waals surface area contributed by atoms with Crippen molar-refractivity contribution in [2.75, 3.05) is 13.2 Å². The zero-order valence-electron chi connectivity index (χ0n) is 7.71. The van der Waals surface area contributed by atoms with Gasteiger partial charge in [-0.25, -0.2) is 0 Å². The van der Waals surface area contributed by atoms with Crippen molar-refractivity contribution >= 4 is 5.91 Å². The summed E-state index contributed by atoms with van der Waals surface area (Å²) in [5.74, 6) is 2.48. The van der Waals surface area contributed by atoms with E-state index in [0.29, 0.717) is 19.4 Å². The van der Waals surface area contributed by atoms with E-state index >= 15 is 0 Å². The van der Waals surface area contributed by atoms with E-state index in [2.05, 4.69) is 11.2 Å². The molecule has 0 saturated carbocycles. The predicted octanol–water partition coefficient (Wildman–Crippen LogP) is 0.695. The maximum atomic E-state index is 11.2. The summed E-state index contributed by atoms with van der Waals surface area (Å²) in [4.78, 5) is 11.2. The zero-order valence-corrected chi connectivity index (χ0v) is 7.71. The first kappa shape index (κ1) is 10.1. The maximum Gasteiger partial charge on any atom is 0.221 e. The molecule has 1 saturated heterocycles. The van der Waals surface area contributed by atoms with Crippen LogP contribution in [-0.2, 0) is 9.53 Å². The van der Waals surface area contributed by atoms with E-state index in [1.807, 2.05) is 0 Å². The van der Waals surface area contributed by atoms with Gasteiger partial charge in [-0.15, -0.1) is 12.3 Å². The topological polar surface area (TPSA) is 38.3 Å². The van der Waals surface area contributed by atoms with Crippen LogP contribution in [0.25, 0.3) is 0 Å². The average molecular weight is 181 g/mol. The van der Waals surface area contributed by atoms with Gasteiger partial charge >= 0.3 is 0 Å². The highest BCUT2D eigenvalue weighted by Gasteiger charge is 2.15. The highest BCUT2D eigenvalue weighted by atomic mass is 16.5. The van der Waals surface area contributed by atoms with Gasteiger partial charge in [0.15, 0.2) is 0 Å². The first-order chi connectivity index (χ1) is 6.33. The van der Waals surface area contributed by atoms with Gasteiger partial charge in [0.1, 0.15) is 0 Å². The molecule has 13 heavy (non-hydrogen) atoms. The summed E-state index contributed by atoms with van der Waals surface area (Å²) in [7, 11) is 0. The smallest absolute Gasteiger partial charge is 0.221 e. The molecule has 0 unspecified atom stereocenters. The Morgan fingerprint density at radius 3 is 3.15 bits per heavy atom.